The fourth-order valence-corrected chi connectivity index (χ4v) is 3.97. The van der Waals surface area contributed by atoms with E-state index in [1.54, 1.807) is 29.5 Å². The minimum Gasteiger partial charge on any atom is -0.347 e. The zero-order valence-electron chi connectivity index (χ0n) is 14.4. The molecule has 0 atom stereocenters. The van der Waals surface area contributed by atoms with Crippen LogP contribution in [0.25, 0.3) is 0 Å². The third-order valence-electron chi connectivity index (χ3n) is 4.67. The van der Waals surface area contributed by atoms with Crippen molar-refractivity contribution in [2.75, 3.05) is 5.32 Å². The maximum Gasteiger partial charge on any atom is 0.253 e. The van der Waals surface area contributed by atoms with Gasteiger partial charge in [0.25, 0.3) is 5.91 Å². The van der Waals surface area contributed by atoms with Crippen LogP contribution in [0, 0.1) is 0 Å². The first kappa shape index (κ1) is 18.9. The van der Waals surface area contributed by atoms with Crippen molar-refractivity contribution in [1.29, 1.82) is 0 Å². The van der Waals surface area contributed by atoms with Gasteiger partial charge >= 0.3 is 0 Å². The van der Waals surface area contributed by atoms with E-state index in [-0.39, 0.29) is 11.8 Å². The molecule has 0 aliphatic heterocycles. The maximum absolute atomic E-state index is 12.6. The number of halogens is 1. The summed E-state index contributed by atoms with van der Waals surface area (Å²) in [6.45, 7) is 0.440. The van der Waals surface area contributed by atoms with E-state index in [2.05, 4.69) is 10.6 Å². The molecule has 138 valence electrons. The van der Waals surface area contributed by atoms with Crippen LogP contribution in [-0.4, -0.2) is 17.4 Å². The number of amides is 2. The maximum atomic E-state index is 12.6. The molecule has 26 heavy (non-hydrogen) atoms. The smallest absolute Gasteiger partial charge is 0.253 e. The number of rotatable bonds is 5. The summed E-state index contributed by atoms with van der Waals surface area (Å²) in [7, 11) is 0. The topological polar surface area (TPSA) is 84.2 Å². The van der Waals surface area contributed by atoms with Crippen LogP contribution in [0.4, 0.5) is 5.69 Å². The minimum atomic E-state index is -0.834. The molecule has 0 radical (unpaired) electrons. The van der Waals surface area contributed by atoms with Gasteiger partial charge in [-0.3, -0.25) is 9.59 Å². The van der Waals surface area contributed by atoms with Crippen molar-refractivity contribution in [3.63, 3.8) is 0 Å². The summed E-state index contributed by atoms with van der Waals surface area (Å²) < 4.78 is 0. The Hall–Kier alpha value is -1.89. The number of hydrogen-bond acceptors (Lipinski definition) is 4. The van der Waals surface area contributed by atoms with Crippen molar-refractivity contribution in [2.24, 2.45) is 5.73 Å². The molecule has 1 aromatic carbocycles. The molecular formula is C19H22ClN3O2S. The Labute approximate surface area is 161 Å². The number of thiophene rings is 1. The van der Waals surface area contributed by atoms with Gasteiger partial charge in [0.1, 0.15) is 0 Å². The highest BCUT2D eigenvalue weighted by Gasteiger charge is 2.35. The summed E-state index contributed by atoms with van der Waals surface area (Å²) in [5.74, 6) is -0.482. The number of carbonyl (C=O) groups is 2. The Morgan fingerprint density at radius 2 is 1.96 bits per heavy atom. The number of benzene rings is 1. The van der Waals surface area contributed by atoms with Crippen LogP contribution < -0.4 is 16.4 Å². The highest BCUT2D eigenvalue weighted by molar-refractivity contribution is 7.09. The summed E-state index contributed by atoms with van der Waals surface area (Å²) in [4.78, 5) is 26.1. The van der Waals surface area contributed by atoms with Gasteiger partial charge in [-0.15, -0.1) is 11.3 Å². The molecule has 7 heteroatoms. The Balaban J connectivity index is 1.68. The Morgan fingerprint density at radius 3 is 2.65 bits per heavy atom. The van der Waals surface area contributed by atoms with Crippen LogP contribution in [0.1, 0.15) is 47.3 Å². The molecule has 1 saturated carbocycles. The first-order valence-electron chi connectivity index (χ1n) is 8.68. The van der Waals surface area contributed by atoms with Crippen LogP contribution in [0.5, 0.6) is 0 Å². The zero-order valence-corrected chi connectivity index (χ0v) is 16.0. The summed E-state index contributed by atoms with van der Waals surface area (Å²) >= 11 is 7.74. The molecule has 1 aromatic heterocycles. The molecule has 0 bridgehead atoms. The van der Waals surface area contributed by atoms with Crippen molar-refractivity contribution in [1.82, 2.24) is 5.32 Å². The number of nitrogens with two attached hydrogens (primary N) is 1. The number of nitrogens with one attached hydrogen (secondary N) is 2. The molecule has 5 nitrogen and oxygen atoms in total. The lowest BCUT2D eigenvalue weighted by molar-refractivity contribution is -0.122. The molecule has 2 aromatic rings. The van der Waals surface area contributed by atoms with E-state index >= 15 is 0 Å². The van der Waals surface area contributed by atoms with Crippen LogP contribution in [0.15, 0.2) is 35.7 Å². The third-order valence-corrected chi connectivity index (χ3v) is 5.88. The number of carbonyl (C=O) groups excluding carboxylic acids is 2. The van der Waals surface area contributed by atoms with Gasteiger partial charge in [0, 0.05) is 10.6 Å². The summed E-state index contributed by atoms with van der Waals surface area (Å²) in [6.07, 6.45) is 4.39. The molecule has 4 N–H and O–H groups in total. The van der Waals surface area contributed by atoms with Gasteiger partial charge in [-0.05, 0) is 42.5 Å². The Morgan fingerprint density at radius 1 is 1.19 bits per heavy atom. The molecule has 3 rings (SSSR count). The summed E-state index contributed by atoms with van der Waals surface area (Å²) in [6, 6.07) is 8.78. The zero-order chi connectivity index (χ0) is 18.6. The van der Waals surface area contributed by atoms with Crippen LogP contribution in [0.3, 0.4) is 0 Å². The molecule has 0 spiro atoms. The van der Waals surface area contributed by atoms with Gasteiger partial charge in [-0.25, -0.2) is 0 Å². The van der Waals surface area contributed by atoms with Gasteiger partial charge in [0.05, 0.1) is 22.7 Å². The van der Waals surface area contributed by atoms with Crippen LogP contribution in [-0.2, 0) is 11.3 Å². The van der Waals surface area contributed by atoms with E-state index in [9.17, 15) is 9.59 Å². The minimum absolute atomic E-state index is 0.204. The van der Waals surface area contributed by atoms with E-state index < -0.39 is 5.54 Å². The third kappa shape index (κ3) is 4.44. The monoisotopic (exact) mass is 391 g/mol. The highest BCUT2D eigenvalue weighted by atomic mass is 35.5. The molecule has 0 saturated heterocycles. The number of hydrogen-bond donors (Lipinski definition) is 3. The summed E-state index contributed by atoms with van der Waals surface area (Å²) in [5.41, 5.74) is 6.28. The van der Waals surface area contributed by atoms with Crippen LogP contribution >= 0.6 is 22.9 Å². The lowest BCUT2D eigenvalue weighted by Crippen LogP contribution is -2.52. The van der Waals surface area contributed by atoms with E-state index in [0.29, 0.717) is 35.7 Å². The first-order chi connectivity index (χ1) is 12.5. The first-order valence-corrected chi connectivity index (χ1v) is 9.94. The van der Waals surface area contributed by atoms with E-state index in [1.165, 1.54) is 0 Å². The molecule has 1 fully saturated rings. The van der Waals surface area contributed by atoms with Crippen molar-refractivity contribution < 1.29 is 9.59 Å². The predicted octanol–water partition coefficient (Wildman–Crippen LogP) is 3.93. The van der Waals surface area contributed by atoms with Gasteiger partial charge < -0.3 is 16.4 Å². The SMILES string of the molecule is NC1(C(=O)Nc2ccc(Cl)c(C(=O)NCc3cccs3)c2)CCCCC1. The highest BCUT2D eigenvalue weighted by Crippen LogP contribution is 2.28. The average Bonchev–Trinajstić information content (AvgIpc) is 3.15. The Bertz CT molecular complexity index is 786. The Kier molecular flexibility index (Phi) is 5.96. The molecule has 1 heterocycles. The molecular weight excluding hydrogens is 370 g/mol. The van der Waals surface area contributed by atoms with Gasteiger partial charge in [0.15, 0.2) is 0 Å². The standard InChI is InChI=1S/C19H22ClN3O2S/c20-16-7-6-13(23-18(25)19(21)8-2-1-3-9-19)11-15(16)17(24)22-12-14-5-4-10-26-14/h4-7,10-11H,1-3,8-9,12,21H2,(H,22,24)(H,23,25). The molecule has 0 unspecified atom stereocenters. The van der Waals surface area contributed by atoms with Gasteiger partial charge in [-0.2, -0.15) is 0 Å². The van der Waals surface area contributed by atoms with E-state index in [1.807, 2.05) is 17.5 Å². The predicted molar refractivity (Wildman–Crippen MR) is 106 cm³/mol. The largest absolute Gasteiger partial charge is 0.347 e. The van der Waals surface area contributed by atoms with Crippen LogP contribution in [0.2, 0.25) is 5.02 Å². The average molecular weight is 392 g/mol. The second-order valence-corrected chi connectivity index (χ2v) is 8.07. The van der Waals surface area contributed by atoms with Gasteiger partial charge in [-0.1, -0.05) is 36.9 Å². The van der Waals surface area contributed by atoms with Crippen molar-refractivity contribution in [3.8, 4) is 0 Å². The second-order valence-electron chi connectivity index (χ2n) is 6.63. The van der Waals surface area contributed by atoms with Gasteiger partial charge in [0.2, 0.25) is 5.91 Å². The summed E-state index contributed by atoms with van der Waals surface area (Å²) in [5, 5.41) is 7.98. The normalized spacial score (nSPS) is 16.1. The molecule has 1 aliphatic rings. The van der Waals surface area contributed by atoms with Crippen molar-refractivity contribution in [2.45, 2.75) is 44.2 Å². The fraction of sp³-hybridized carbons (Fsp3) is 0.368. The van der Waals surface area contributed by atoms with E-state index in [4.69, 9.17) is 17.3 Å². The quantitative estimate of drug-likeness (QED) is 0.721. The molecule has 1 aliphatic carbocycles. The van der Waals surface area contributed by atoms with Crippen molar-refractivity contribution in [3.05, 3.63) is 51.2 Å². The fourth-order valence-electron chi connectivity index (χ4n) is 3.12. The van der Waals surface area contributed by atoms with E-state index in [0.717, 1.165) is 24.1 Å². The lowest BCUT2D eigenvalue weighted by atomic mass is 9.82. The second kappa shape index (κ2) is 8.20. The number of anilines is 1. The lowest BCUT2D eigenvalue weighted by Gasteiger charge is -2.31. The van der Waals surface area contributed by atoms with Crippen molar-refractivity contribution >= 4 is 40.4 Å². The molecule has 2 amide bonds.